The maximum atomic E-state index is 12.1. The number of rotatable bonds is 8. The first-order chi connectivity index (χ1) is 12.8. The molecule has 2 amide bonds. The standard InChI is InChI=1S/C17H14F2N2O5S/c18-17(19)26-11-4-1-10(2-5-11)3-6-14(23)25-9-13(22)21-16-12(15(20)24)7-8-27-16/h1-8,17H,9H2,(H2,20,24)(H,21,22)/b6-3+. The lowest BCUT2D eigenvalue weighted by atomic mass is 10.2. The number of hydrogen-bond acceptors (Lipinski definition) is 6. The van der Waals surface area contributed by atoms with E-state index in [4.69, 9.17) is 10.5 Å². The molecule has 3 N–H and O–H groups in total. The molecular weight excluding hydrogens is 382 g/mol. The zero-order chi connectivity index (χ0) is 19.8. The molecule has 1 heterocycles. The van der Waals surface area contributed by atoms with Crippen LogP contribution < -0.4 is 15.8 Å². The van der Waals surface area contributed by atoms with Gasteiger partial charge in [-0.3, -0.25) is 9.59 Å². The number of thiophene rings is 1. The zero-order valence-corrected chi connectivity index (χ0v) is 14.5. The second-order valence-electron chi connectivity index (χ2n) is 4.96. The molecular formula is C17H14F2N2O5S. The van der Waals surface area contributed by atoms with Crippen molar-refractivity contribution < 1.29 is 32.6 Å². The van der Waals surface area contributed by atoms with E-state index in [2.05, 4.69) is 10.1 Å². The monoisotopic (exact) mass is 396 g/mol. The van der Waals surface area contributed by atoms with Crippen LogP contribution in [-0.4, -0.2) is 31.0 Å². The van der Waals surface area contributed by atoms with Gasteiger partial charge in [-0.2, -0.15) is 8.78 Å². The van der Waals surface area contributed by atoms with Gasteiger partial charge in [0, 0.05) is 6.08 Å². The number of anilines is 1. The van der Waals surface area contributed by atoms with Crippen molar-refractivity contribution in [2.24, 2.45) is 5.73 Å². The molecule has 0 aliphatic heterocycles. The predicted molar refractivity (Wildman–Crippen MR) is 94.5 cm³/mol. The van der Waals surface area contributed by atoms with Gasteiger partial charge in [0.25, 0.3) is 11.8 Å². The summed E-state index contributed by atoms with van der Waals surface area (Å²) in [7, 11) is 0. The van der Waals surface area contributed by atoms with Crippen LogP contribution in [0.5, 0.6) is 5.75 Å². The largest absolute Gasteiger partial charge is 0.452 e. The maximum absolute atomic E-state index is 12.1. The number of amides is 2. The van der Waals surface area contributed by atoms with Crippen molar-refractivity contribution in [3.8, 4) is 5.75 Å². The SMILES string of the molecule is NC(=O)c1ccsc1NC(=O)COC(=O)/C=C/c1ccc(OC(F)F)cc1. The van der Waals surface area contributed by atoms with Crippen LogP contribution in [0.1, 0.15) is 15.9 Å². The molecule has 0 fully saturated rings. The highest BCUT2D eigenvalue weighted by Crippen LogP contribution is 2.22. The fourth-order valence-corrected chi connectivity index (χ4v) is 2.68. The maximum Gasteiger partial charge on any atom is 0.387 e. The fraction of sp³-hybridized carbons (Fsp3) is 0.118. The van der Waals surface area contributed by atoms with Crippen LogP contribution in [0.25, 0.3) is 6.08 Å². The number of nitrogens with one attached hydrogen (secondary N) is 1. The number of esters is 1. The molecule has 10 heteroatoms. The van der Waals surface area contributed by atoms with Gasteiger partial charge in [-0.1, -0.05) is 12.1 Å². The van der Waals surface area contributed by atoms with Crippen LogP contribution in [0.2, 0.25) is 0 Å². The molecule has 2 rings (SSSR count). The van der Waals surface area contributed by atoms with Crippen LogP contribution >= 0.6 is 11.3 Å². The summed E-state index contributed by atoms with van der Waals surface area (Å²) in [6.45, 7) is -3.47. The van der Waals surface area contributed by atoms with Gasteiger partial charge in [0.2, 0.25) is 0 Å². The number of alkyl halides is 2. The molecule has 0 atom stereocenters. The molecule has 0 aliphatic carbocycles. The van der Waals surface area contributed by atoms with E-state index < -0.39 is 31.0 Å². The quantitative estimate of drug-likeness (QED) is 0.527. The third-order valence-electron chi connectivity index (χ3n) is 3.05. The van der Waals surface area contributed by atoms with Crippen LogP contribution in [0.15, 0.2) is 41.8 Å². The van der Waals surface area contributed by atoms with E-state index in [1.54, 1.807) is 5.38 Å². The molecule has 0 saturated heterocycles. The normalized spacial score (nSPS) is 10.8. The Labute approximate surface area is 156 Å². The van der Waals surface area contributed by atoms with Gasteiger partial charge >= 0.3 is 12.6 Å². The molecule has 7 nitrogen and oxygen atoms in total. The summed E-state index contributed by atoms with van der Waals surface area (Å²) in [4.78, 5) is 34.5. The van der Waals surface area contributed by atoms with Gasteiger partial charge in [-0.15, -0.1) is 11.3 Å². The van der Waals surface area contributed by atoms with Crippen LogP contribution in [0, 0.1) is 0 Å². The van der Waals surface area contributed by atoms with Crippen molar-refractivity contribution in [2.75, 3.05) is 11.9 Å². The molecule has 0 bridgehead atoms. The topological polar surface area (TPSA) is 108 Å². The van der Waals surface area contributed by atoms with Gasteiger partial charge in [-0.25, -0.2) is 4.79 Å². The molecule has 1 aromatic carbocycles. The first-order valence-corrected chi connectivity index (χ1v) is 8.30. The van der Waals surface area contributed by atoms with E-state index in [0.717, 1.165) is 17.4 Å². The van der Waals surface area contributed by atoms with Crippen LogP contribution in [-0.2, 0) is 14.3 Å². The van der Waals surface area contributed by atoms with Gasteiger partial charge < -0.3 is 20.5 Å². The van der Waals surface area contributed by atoms with Gasteiger partial charge in [0.15, 0.2) is 6.61 Å². The summed E-state index contributed by atoms with van der Waals surface area (Å²) in [5.74, 6) is -2.10. The van der Waals surface area contributed by atoms with E-state index >= 15 is 0 Å². The predicted octanol–water partition coefficient (Wildman–Crippen LogP) is 2.64. The van der Waals surface area contributed by atoms with E-state index in [-0.39, 0.29) is 16.3 Å². The molecule has 2 aromatic rings. The minimum atomic E-state index is -2.92. The lowest BCUT2D eigenvalue weighted by molar-refractivity contribution is -0.142. The smallest absolute Gasteiger partial charge is 0.387 e. The number of primary amides is 1. The summed E-state index contributed by atoms with van der Waals surface area (Å²) < 4.78 is 33.1. The third kappa shape index (κ3) is 6.51. The number of nitrogens with two attached hydrogens (primary N) is 1. The summed E-state index contributed by atoms with van der Waals surface area (Å²) in [5.41, 5.74) is 5.87. The Balaban J connectivity index is 1.81. The number of benzene rings is 1. The number of hydrogen-bond donors (Lipinski definition) is 2. The lowest BCUT2D eigenvalue weighted by Crippen LogP contribution is -2.21. The average molecular weight is 396 g/mol. The number of carbonyl (C=O) groups excluding carboxylic acids is 3. The molecule has 27 heavy (non-hydrogen) atoms. The average Bonchev–Trinajstić information content (AvgIpc) is 3.07. The minimum Gasteiger partial charge on any atom is -0.452 e. The number of carbonyl (C=O) groups is 3. The van der Waals surface area contributed by atoms with Crippen molar-refractivity contribution >= 4 is 40.2 Å². The third-order valence-corrected chi connectivity index (χ3v) is 3.88. The highest BCUT2D eigenvalue weighted by Gasteiger charge is 2.13. The number of ether oxygens (including phenoxy) is 2. The second-order valence-corrected chi connectivity index (χ2v) is 5.88. The Bertz CT molecular complexity index is 849. The molecule has 0 saturated carbocycles. The summed E-state index contributed by atoms with van der Waals surface area (Å²) in [6, 6.07) is 7.05. The molecule has 0 radical (unpaired) electrons. The fourth-order valence-electron chi connectivity index (χ4n) is 1.87. The summed E-state index contributed by atoms with van der Waals surface area (Å²) in [6.07, 6.45) is 2.47. The highest BCUT2D eigenvalue weighted by molar-refractivity contribution is 7.14. The van der Waals surface area contributed by atoms with E-state index in [1.807, 2.05) is 0 Å². The summed E-state index contributed by atoms with van der Waals surface area (Å²) in [5, 5.41) is 4.28. The van der Waals surface area contributed by atoms with Gasteiger partial charge in [0.05, 0.1) is 5.56 Å². The molecule has 1 aromatic heterocycles. The molecule has 0 unspecified atom stereocenters. The Morgan fingerprint density at radius 1 is 1.19 bits per heavy atom. The molecule has 142 valence electrons. The van der Waals surface area contributed by atoms with Crippen LogP contribution in [0.4, 0.5) is 13.8 Å². The van der Waals surface area contributed by atoms with Gasteiger partial charge in [-0.05, 0) is 35.2 Å². The Morgan fingerprint density at radius 2 is 1.89 bits per heavy atom. The highest BCUT2D eigenvalue weighted by atomic mass is 32.1. The molecule has 0 spiro atoms. The summed E-state index contributed by atoms with van der Waals surface area (Å²) >= 11 is 1.11. The minimum absolute atomic E-state index is 0.00898. The Hall–Kier alpha value is -3.27. The van der Waals surface area contributed by atoms with Crippen molar-refractivity contribution in [3.05, 3.63) is 52.9 Å². The van der Waals surface area contributed by atoms with Crippen molar-refractivity contribution in [3.63, 3.8) is 0 Å². The molecule has 0 aliphatic rings. The van der Waals surface area contributed by atoms with E-state index in [0.29, 0.717) is 5.56 Å². The number of halogens is 2. The van der Waals surface area contributed by atoms with E-state index in [9.17, 15) is 23.2 Å². The van der Waals surface area contributed by atoms with Crippen molar-refractivity contribution in [1.82, 2.24) is 0 Å². The second kappa shape index (κ2) is 9.43. The Morgan fingerprint density at radius 3 is 2.52 bits per heavy atom. The zero-order valence-electron chi connectivity index (χ0n) is 13.7. The first-order valence-electron chi connectivity index (χ1n) is 7.42. The van der Waals surface area contributed by atoms with Crippen molar-refractivity contribution in [2.45, 2.75) is 6.61 Å². The van der Waals surface area contributed by atoms with Crippen LogP contribution in [0.3, 0.4) is 0 Å². The lowest BCUT2D eigenvalue weighted by Gasteiger charge is -2.05. The first kappa shape index (κ1) is 20.0. The van der Waals surface area contributed by atoms with Crippen molar-refractivity contribution in [1.29, 1.82) is 0 Å². The van der Waals surface area contributed by atoms with Gasteiger partial charge in [0.1, 0.15) is 10.8 Å². The van der Waals surface area contributed by atoms with E-state index in [1.165, 1.54) is 36.4 Å². The Kier molecular flexibility index (Phi) is 7.00.